The largest absolute Gasteiger partial charge is 0.493 e. The summed E-state index contributed by atoms with van der Waals surface area (Å²) >= 11 is 0. The lowest BCUT2D eigenvalue weighted by atomic mass is 9.92. The second kappa shape index (κ2) is 4.52. The van der Waals surface area contributed by atoms with E-state index in [4.69, 9.17) is 4.74 Å². The van der Waals surface area contributed by atoms with Crippen LogP contribution < -0.4 is 4.74 Å². The van der Waals surface area contributed by atoms with Gasteiger partial charge in [0.05, 0.1) is 12.5 Å². The van der Waals surface area contributed by atoms with Gasteiger partial charge in [-0.15, -0.1) is 0 Å². The van der Waals surface area contributed by atoms with Crippen molar-refractivity contribution in [3.05, 3.63) is 41.5 Å². The zero-order valence-corrected chi connectivity index (χ0v) is 9.69. The lowest BCUT2D eigenvalue weighted by Crippen LogP contribution is -2.27. The van der Waals surface area contributed by atoms with Gasteiger partial charge in [-0.2, -0.15) is 0 Å². The predicted molar refractivity (Wildman–Crippen MR) is 63.6 cm³/mol. The molecular formula is C14H16O2. The van der Waals surface area contributed by atoms with E-state index in [-0.39, 0.29) is 11.7 Å². The molecule has 0 aliphatic carbocycles. The fraction of sp³-hybridized carbons (Fsp3) is 0.357. The van der Waals surface area contributed by atoms with Crippen molar-refractivity contribution in [3.8, 4) is 5.75 Å². The van der Waals surface area contributed by atoms with E-state index in [0.717, 1.165) is 23.3 Å². The van der Waals surface area contributed by atoms with Crippen molar-refractivity contribution in [3.63, 3.8) is 0 Å². The molecule has 0 spiro atoms. The highest BCUT2D eigenvalue weighted by atomic mass is 16.5. The van der Waals surface area contributed by atoms with Gasteiger partial charge in [-0.1, -0.05) is 23.8 Å². The zero-order valence-electron chi connectivity index (χ0n) is 9.69. The quantitative estimate of drug-likeness (QED) is 0.710. The van der Waals surface area contributed by atoms with Gasteiger partial charge in [0, 0.05) is 0 Å². The Morgan fingerprint density at radius 2 is 2.12 bits per heavy atom. The molecule has 16 heavy (non-hydrogen) atoms. The van der Waals surface area contributed by atoms with Crippen LogP contribution in [0.2, 0.25) is 0 Å². The van der Waals surface area contributed by atoms with Crippen LogP contribution in [0.15, 0.2) is 35.9 Å². The summed E-state index contributed by atoms with van der Waals surface area (Å²) < 4.78 is 5.59. The number of carbonyl (C=O) groups is 1. The Labute approximate surface area is 95.9 Å². The molecule has 1 unspecified atom stereocenters. The molecule has 2 nitrogen and oxygen atoms in total. The first kappa shape index (κ1) is 10.9. The zero-order chi connectivity index (χ0) is 11.5. The Bertz CT molecular complexity index is 428. The molecule has 0 saturated carbocycles. The van der Waals surface area contributed by atoms with Gasteiger partial charge >= 0.3 is 0 Å². The van der Waals surface area contributed by atoms with Crippen molar-refractivity contribution in [2.45, 2.75) is 20.3 Å². The minimum Gasteiger partial charge on any atom is -0.493 e. The van der Waals surface area contributed by atoms with Gasteiger partial charge in [0.2, 0.25) is 0 Å². The Hall–Kier alpha value is -1.57. The van der Waals surface area contributed by atoms with Crippen LogP contribution in [0.25, 0.3) is 0 Å². The molecule has 1 atom stereocenters. The SMILES string of the molecule is CC(C)=CC(=O)C1COc2ccccc2C1. The van der Waals surface area contributed by atoms with E-state index in [0.29, 0.717) is 6.61 Å². The van der Waals surface area contributed by atoms with Crippen LogP contribution in [0.3, 0.4) is 0 Å². The highest BCUT2D eigenvalue weighted by Gasteiger charge is 2.23. The second-order valence-electron chi connectivity index (χ2n) is 4.44. The first-order valence-corrected chi connectivity index (χ1v) is 5.56. The minimum atomic E-state index is -0.0233. The van der Waals surface area contributed by atoms with Gasteiger partial charge < -0.3 is 4.74 Å². The van der Waals surface area contributed by atoms with E-state index < -0.39 is 0 Å². The number of rotatable bonds is 2. The Balaban J connectivity index is 2.14. The molecule has 0 N–H and O–H groups in total. The molecule has 0 amide bonds. The molecular weight excluding hydrogens is 200 g/mol. The van der Waals surface area contributed by atoms with E-state index >= 15 is 0 Å². The van der Waals surface area contributed by atoms with Crippen molar-refractivity contribution in [2.75, 3.05) is 6.61 Å². The number of carbonyl (C=O) groups excluding carboxylic acids is 1. The number of ether oxygens (including phenoxy) is 1. The number of ketones is 1. The molecule has 2 heteroatoms. The Morgan fingerprint density at radius 3 is 2.88 bits per heavy atom. The number of benzene rings is 1. The first-order valence-electron chi connectivity index (χ1n) is 5.56. The van der Waals surface area contributed by atoms with Gasteiger partial charge in [0.25, 0.3) is 0 Å². The van der Waals surface area contributed by atoms with Gasteiger partial charge in [-0.3, -0.25) is 4.79 Å². The number of hydrogen-bond acceptors (Lipinski definition) is 2. The van der Waals surface area contributed by atoms with Gasteiger partial charge in [-0.25, -0.2) is 0 Å². The third kappa shape index (κ3) is 2.32. The standard InChI is InChI=1S/C14H16O2/c1-10(2)7-13(15)12-8-11-5-3-4-6-14(11)16-9-12/h3-7,12H,8-9H2,1-2H3. The van der Waals surface area contributed by atoms with Crippen LogP contribution in [0, 0.1) is 5.92 Å². The molecule has 0 saturated heterocycles. The topological polar surface area (TPSA) is 26.3 Å². The Morgan fingerprint density at radius 1 is 1.38 bits per heavy atom. The summed E-state index contributed by atoms with van der Waals surface area (Å²) in [5.74, 6) is 1.07. The van der Waals surface area contributed by atoms with Crippen LogP contribution in [0.4, 0.5) is 0 Å². The smallest absolute Gasteiger partial charge is 0.162 e. The van der Waals surface area contributed by atoms with Crippen molar-refractivity contribution in [1.29, 1.82) is 0 Å². The molecule has 1 aromatic carbocycles. The fourth-order valence-electron chi connectivity index (χ4n) is 1.91. The van der Waals surface area contributed by atoms with Crippen LogP contribution >= 0.6 is 0 Å². The summed E-state index contributed by atoms with van der Waals surface area (Å²) in [4.78, 5) is 11.9. The fourth-order valence-corrected chi connectivity index (χ4v) is 1.91. The van der Waals surface area contributed by atoms with Crippen LogP contribution in [0.1, 0.15) is 19.4 Å². The van der Waals surface area contributed by atoms with Crippen LogP contribution in [-0.4, -0.2) is 12.4 Å². The lowest BCUT2D eigenvalue weighted by Gasteiger charge is -2.23. The molecule has 2 rings (SSSR count). The molecule has 1 aromatic rings. The molecule has 84 valence electrons. The van der Waals surface area contributed by atoms with Crippen molar-refractivity contribution in [2.24, 2.45) is 5.92 Å². The molecule has 1 aliphatic heterocycles. The summed E-state index contributed by atoms with van der Waals surface area (Å²) in [5.41, 5.74) is 2.18. The highest BCUT2D eigenvalue weighted by molar-refractivity contribution is 5.92. The second-order valence-corrected chi connectivity index (χ2v) is 4.44. The monoisotopic (exact) mass is 216 g/mol. The van der Waals surface area contributed by atoms with Gasteiger partial charge in [-0.05, 0) is 38.0 Å². The predicted octanol–water partition coefficient (Wildman–Crippen LogP) is 2.77. The van der Waals surface area contributed by atoms with Crippen molar-refractivity contribution >= 4 is 5.78 Å². The maximum absolute atomic E-state index is 11.9. The van der Waals surface area contributed by atoms with E-state index in [9.17, 15) is 4.79 Å². The van der Waals surface area contributed by atoms with E-state index in [2.05, 4.69) is 0 Å². The highest BCUT2D eigenvalue weighted by Crippen LogP contribution is 2.27. The normalized spacial score (nSPS) is 18.2. The lowest BCUT2D eigenvalue weighted by molar-refractivity contribution is -0.119. The van der Waals surface area contributed by atoms with E-state index in [1.54, 1.807) is 6.08 Å². The average molecular weight is 216 g/mol. The van der Waals surface area contributed by atoms with Crippen molar-refractivity contribution < 1.29 is 9.53 Å². The summed E-state index contributed by atoms with van der Waals surface area (Å²) in [6.07, 6.45) is 2.50. The number of para-hydroxylation sites is 1. The maximum Gasteiger partial charge on any atom is 0.162 e. The molecule has 0 radical (unpaired) electrons. The molecule has 1 heterocycles. The summed E-state index contributed by atoms with van der Waals surface area (Å²) in [5, 5.41) is 0. The van der Waals surface area contributed by atoms with E-state index in [1.165, 1.54) is 0 Å². The summed E-state index contributed by atoms with van der Waals surface area (Å²) in [6.45, 7) is 4.38. The average Bonchev–Trinajstić information content (AvgIpc) is 2.27. The summed E-state index contributed by atoms with van der Waals surface area (Å²) in [6, 6.07) is 7.92. The number of allylic oxidation sites excluding steroid dienone is 2. The summed E-state index contributed by atoms with van der Waals surface area (Å²) in [7, 11) is 0. The van der Waals surface area contributed by atoms with Gasteiger partial charge in [0.15, 0.2) is 5.78 Å². The van der Waals surface area contributed by atoms with Crippen molar-refractivity contribution in [1.82, 2.24) is 0 Å². The van der Waals surface area contributed by atoms with E-state index in [1.807, 2.05) is 38.1 Å². The third-order valence-corrected chi connectivity index (χ3v) is 2.71. The number of hydrogen-bond donors (Lipinski definition) is 0. The molecule has 0 fully saturated rings. The molecule has 0 bridgehead atoms. The van der Waals surface area contributed by atoms with Crippen LogP contribution in [-0.2, 0) is 11.2 Å². The Kier molecular flexibility index (Phi) is 3.09. The molecule has 1 aliphatic rings. The third-order valence-electron chi connectivity index (χ3n) is 2.71. The van der Waals surface area contributed by atoms with Gasteiger partial charge in [0.1, 0.15) is 5.75 Å². The number of fused-ring (bicyclic) bond motifs is 1. The molecule has 0 aromatic heterocycles. The maximum atomic E-state index is 11.9. The first-order chi connectivity index (χ1) is 7.66. The minimum absolute atomic E-state index is 0.0233. The van der Waals surface area contributed by atoms with Crippen LogP contribution in [0.5, 0.6) is 5.75 Å².